The van der Waals surface area contributed by atoms with Crippen molar-refractivity contribution < 1.29 is 18.8 Å². The summed E-state index contributed by atoms with van der Waals surface area (Å²) in [6.07, 6.45) is 5.66. The van der Waals surface area contributed by atoms with Gasteiger partial charge in [-0.2, -0.15) is 4.98 Å². The molecule has 0 bridgehead atoms. The molecule has 0 unspecified atom stereocenters. The van der Waals surface area contributed by atoms with Gasteiger partial charge in [0.25, 0.3) is 0 Å². The summed E-state index contributed by atoms with van der Waals surface area (Å²) >= 11 is 5.97. The van der Waals surface area contributed by atoms with E-state index in [1.165, 1.54) is 6.42 Å². The first-order valence-corrected chi connectivity index (χ1v) is 11.5. The van der Waals surface area contributed by atoms with Gasteiger partial charge in [-0.3, -0.25) is 4.79 Å². The number of ether oxygens (including phenoxy) is 2. The van der Waals surface area contributed by atoms with Crippen molar-refractivity contribution in [2.75, 3.05) is 14.2 Å². The van der Waals surface area contributed by atoms with Gasteiger partial charge in [-0.1, -0.05) is 42.1 Å². The first-order chi connectivity index (χ1) is 16.1. The lowest BCUT2D eigenvalue weighted by atomic mass is 9.93. The predicted octanol–water partition coefficient (Wildman–Crippen LogP) is 5.31. The van der Waals surface area contributed by atoms with E-state index in [2.05, 4.69) is 10.1 Å². The van der Waals surface area contributed by atoms with E-state index in [1.54, 1.807) is 26.4 Å². The molecule has 0 atom stereocenters. The minimum atomic E-state index is 0.0281. The number of hydrogen-bond acceptors (Lipinski definition) is 6. The maximum absolute atomic E-state index is 13.4. The Morgan fingerprint density at radius 1 is 1.06 bits per heavy atom. The van der Waals surface area contributed by atoms with E-state index in [9.17, 15) is 4.79 Å². The summed E-state index contributed by atoms with van der Waals surface area (Å²) in [5, 5.41) is 4.75. The van der Waals surface area contributed by atoms with Crippen LogP contribution < -0.4 is 9.47 Å². The van der Waals surface area contributed by atoms with E-state index >= 15 is 0 Å². The zero-order valence-corrected chi connectivity index (χ0v) is 19.7. The molecular weight excluding hydrogens is 442 g/mol. The Bertz CT molecular complexity index is 1080. The molecule has 1 aliphatic rings. The number of carbonyl (C=O) groups is 1. The van der Waals surface area contributed by atoms with Crippen LogP contribution in [0.15, 0.2) is 47.0 Å². The molecule has 33 heavy (non-hydrogen) atoms. The molecule has 7 nitrogen and oxygen atoms in total. The van der Waals surface area contributed by atoms with Crippen LogP contribution in [-0.4, -0.2) is 41.2 Å². The highest BCUT2D eigenvalue weighted by Gasteiger charge is 2.27. The molecule has 4 rings (SSSR count). The summed E-state index contributed by atoms with van der Waals surface area (Å²) in [5.41, 5.74) is 1.68. The zero-order valence-electron chi connectivity index (χ0n) is 18.9. The van der Waals surface area contributed by atoms with E-state index in [0.29, 0.717) is 28.2 Å². The van der Waals surface area contributed by atoms with Gasteiger partial charge >= 0.3 is 0 Å². The number of aromatic nitrogens is 2. The number of hydrogen-bond donors (Lipinski definition) is 0. The van der Waals surface area contributed by atoms with Gasteiger partial charge in [0.15, 0.2) is 11.5 Å². The Balaban J connectivity index is 1.53. The third-order valence-corrected chi connectivity index (χ3v) is 6.27. The third kappa shape index (κ3) is 5.66. The van der Waals surface area contributed by atoms with Crippen molar-refractivity contribution in [2.24, 2.45) is 0 Å². The molecule has 174 valence electrons. The second-order valence-electron chi connectivity index (χ2n) is 8.20. The fraction of sp³-hybridized carbons (Fsp3) is 0.400. The molecule has 0 aliphatic heterocycles. The average molecular weight is 470 g/mol. The van der Waals surface area contributed by atoms with Gasteiger partial charge in [0.1, 0.15) is 6.54 Å². The summed E-state index contributed by atoms with van der Waals surface area (Å²) in [7, 11) is 3.18. The van der Waals surface area contributed by atoms with Crippen molar-refractivity contribution in [3.8, 4) is 22.9 Å². The largest absolute Gasteiger partial charge is 0.493 e. The number of benzene rings is 2. The molecule has 1 saturated carbocycles. The van der Waals surface area contributed by atoms with Crippen molar-refractivity contribution in [3.05, 3.63) is 58.9 Å². The van der Waals surface area contributed by atoms with Crippen LogP contribution in [0.2, 0.25) is 5.02 Å². The second-order valence-corrected chi connectivity index (χ2v) is 8.63. The lowest BCUT2D eigenvalue weighted by Crippen LogP contribution is -2.41. The summed E-state index contributed by atoms with van der Waals surface area (Å²) in [6, 6.07) is 13.0. The van der Waals surface area contributed by atoms with Crippen LogP contribution >= 0.6 is 11.6 Å². The van der Waals surface area contributed by atoms with Gasteiger partial charge < -0.3 is 18.9 Å². The molecule has 1 fully saturated rings. The van der Waals surface area contributed by atoms with E-state index in [-0.39, 0.29) is 24.9 Å². The molecule has 1 aliphatic carbocycles. The highest BCUT2D eigenvalue weighted by molar-refractivity contribution is 6.30. The average Bonchev–Trinajstić information content (AvgIpc) is 3.32. The van der Waals surface area contributed by atoms with E-state index in [1.807, 2.05) is 35.2 Å². The van der Waals surface area contributed by atoms with Gasteiger partial charge in [0.2, 0.25) is 17.6 Å². The summed E-state index contributed by atoms with van der Waals surface area (Å²) < 4.78 is 16.2. The predicted molar refractivity (Wildman–Crippen MR) is 125 cm³/mol. The molecule has 2 aromatic carbocycles. The Kier molecular flexibility index (Phi) is 7.50. The van der Waals surface area contributed by atoms with Gasteiger partial charge in [-0.05, 0) is 54.8 Å². The highest BCUT2D eigenvalue weighted by Crippen LogP contribution is 2.29. The Hall–Kier alpha value is -3.06. The van der Waals surface area contributed by atoms with Crippen molar-refractivity contribution >= 4 is 17.5 Å². The molecule has 1 heterocycles. The maximum Gasteiger partial charge on any atom is 0.246 e. The fourth-order valence-corrected chi connectivity index (χ4v) is 4.39. The van der Waals surface area contributed by atoms with Crippen molar-refractivity contribution in [1.82, 2.24) is 15.0 Å². The SMILES string of the molecule is COc1ccc(CC(=O)N(Cc2nc(-c3ccc(Cl)cc3)no2)C2CCCCC2)cc1OC. The van der Waals surface area contributed by atoms with Crippen LogP contribution in [-0.2, 0) is 17.8 Å². The van der Waals surface area contributed by atoms with Crippen molar-refractivity contribution in [1.29, 1.82) is 0 Å². The number of nitrogens with zero attached hydrogens (tertiary/aromatic N) is 3. The molecule has 8 heteroatoms. The Labute approximate surface area is 198 Å². The van der Waals surface area contributed by atoms with Gasteiger partial charge in [0.05, 0.1) is 20.6 Å². The summed E-state index contributed by atoms with van der Waals surface area (Å²) in [4.78, 5) is 19.9. The molecule has 0 radical (unpaired) electrons. The van der Waals surface area contributed by atoms with E-state index in [0.717, 1.165) is 36.8 Å². The van der Waals surface area contributed by atoms with Gasteiger partial charge in [0, 0.05) is 16.6 Å². The van der Waals surface area contributed by atoms with Gasteiger partial charge in [-0.15, -0.1) is 0 Å². The Morgan fingerprint density at radius 3 is 2.48 bits per heavy atom. The molecule has 0 N–H and O–H groups in total. The molecule has 1 aromatic heterocycles. The van der Waals surface area contributed by atoms with Gasteiger partial charge in [-0.25, -0.2) is 0 Å². The molecular formula is C25H28ClN3O4. The number of rotatable bonds is 8. The summed E-state index contributed by atoms with van der Waals surface area (Å²) in [5.74, 6) is 2.18. The zero-order chi connectivity index (χ0) is 23.2. The monoisotopic (exact) mass is 469 g/mol. The topological polar surface area (TPSA) is 77.7 Å². The second kappa shape index (κ2) is 10.7. The van der Waals surface area contributed by atoms with E-state index in [4.69, 9.17) is 25.6 Å². The minimum absolute atomic E-state index is 0.0281. The number of halogens is 1. The molecule has 1 amide bonds. The van der Waals surface area contributed by atoms with Crippen LogP contribution in [0.25, 0.3) is 11.4 Å². The van der Waals surface area contributed by atoms with Crippen LogP contribution in [0, 0.1) is 0 Å². The number of amides is 1. The first-order valence-electron chi connectivity index (χ1n) is 11.2. The molecule has 0 saturated heterocycles. The highest BCUT2D eigenvalue weighted by atomic mass is 35.5. The number of carbonyl (C=O) groups excluding carboxylic acids is 1. The van der Waals surface area contributed by atoms with Crippen LogP contribution in [0.3, 0.4) is 0 Å². The van der Waals surface area contributed by atoms with Crippen LogP contribution in [0.5, 0.6) is 11.5 Å². The van der Waals surface area contributed by atoms with Crippen molar-refractivity contribution in [2.45, 2.75) is 51.1 Å². The standard InChI is InChI=1S/C25H28ClN3O4/c1-31-21-13-8-17(14-22(21)32-2)15-24(30)29(20-6-4-3-5-7-20)16-23-27-25(28-33-23)18-9-11-19(26)12-10-18/h8-14,20H,3-7,15-16H2,1-2H3. The Morgan fingerprint density at radius 2 is 1.79 bits per heavy atom. The molecule has 3 aromatic rings. The lowest BCUT2D eigenvalue weighted by molar-refractivity contribution is -0.134. The quantitative estimate of drug-likeness (QED) is 0.444. The maximum atomic E-state index is 13.4. The lowest BCUT2D eigenvalue weighted by Gasteiger charge is -2.33. The normalized spacial score (nSPS) is 14.2. The first kappa shape index (κ1) is 23.1. The smallest absolute Gasteiger partial charge is 0.246 e. The molecule has 0 spiro atoms. The fourth-order valence-electron chi connectivity index (χ4n) is 4.26. The van der Waals surface area contributed by atoms with Crippen LogP contribution in [0.1, 0.15) is 43.6 Å². The minimum Gasteiger partial charge on any atom is -0.493 e. The van der Waals surface area contributed by atoms with Crippen LogP contribution in [0.4, 0.5) is 0 Å². The third-order valence-electron chi connectivity index (χ3n) is 6.02. The number of methoxy groups -OCH3 is 2. The van der Waals surface area contributed by atoms with Crippen molar-refractivity contribution in [3.63, 3.8) is 0 Å². The summed E-state index contributed by atoms with van der Waals surface area (Å²) in [6.45, 7) is 0.289. The van der Waals surface area contributed by atoms with E-state index < -0.39 is 0 Å².